The van der Waals surface area contributed by atoms with Crippen LogP contribution in [0.1, 0.15) is 18.5 Å². The van der Waals surface area contributed by atoms with Gasteiger partial charge in [-0.2, -0.15) is 5.10 Å². The number of esters is 1. The minimum absolute atomic E-state index is 0.0157. The summed E-state index contributed by atoms with van der Waals surface area (Å²) in [5, 5.41) is 10.1. The summed E-state index contributed by atoms with van der Waals surface area (Å²) >= 11 is 0. The van der Waals surface area contributed by atoms with Crippen molar-refractivity contribution in [2.45, 2.75) is 19.4 Å². The average Bonchev–Trinajstić information content (AvgIpc) is 3.01. The molecule has 1 aliphatic heterocycles. The van der Waals surface area contributed by atoms with Crippen molar-refractivity contribution in [2.75, 3.05) is 27.2 Å². The molecule has 2 heterocycles. The first-order valence-electron chi connectivity index (χ1n) is 6.76. The fourth-order valence-corrected chi connectivity index (χ4v) is 2.38. The van der Waals surface area contributed by atoms with Crippen molar-refractivity contribution >= 4 is 11.9 Å². The number of carbonyl (C=O) groups is 1. The van der Waals surface area contributed by atoms with Gasteiger partial charge in [0.1, 0.15) is 0 Å². The minimum atomic E-state index is -0.106. The molecule has 7 heteroatoms. The van der Waals surface area contributed by atoms with Crippen LogP contribution in [-0.2, 0) is 16.1 Å². The van der Waals surface area contributed by atoms with Crippen LogP contribution in [0.2, 0.25) is 0 Å². The molecule has 1 fully saturated rings. The third-order valence-corrected chi connectivity index (χ3v) is 3.54. The van der Waals surface area contributed by atoms with E-state index in [4.69, 9.17) is 4.74 Å². The number of aromatic amines is 1. The molecule has 1 aliphatic rings. The number of ether oxygens (including phenoxy) is 1. The molecule has 2 rings (SSSR count). The van der Waals surface area contributed by atoms with Crippen molar-refractivity contribution in [2.24, 2.45) is 10.9 Å². The van der Waals surface area contributed by atoms with Crippen LogP contribution in [0.4, 0.5) is 0 Å². The van der Waals surface area contributed by atoms with Gasteiger partial charge >= 0.3 is 5.97 Å². The summed E-state index contributed by atoms with van der Waals surface area (Å²) in [6.45, 7) is 2.27. The molecule has 1 saturated heterocycles. The summed E-state index contributed by atoms with van der Waals surface area (Å²) < 4.78 is 4.79. The van der Waals surface area contributed by atoms with Gasteiger partial charge in [-0.15, -0.1) is 0 Å². The van der Waals surface area contributed by atoms with Gasteiger partial charge in [-0.1, -0.05) is 0 Å². The molecule has 0 aromatic carbocycles. The van der Waals surface area contributed by atoms with E-state index in [9.17, 15) is 4.79 Å². The van der Waals surface area contributed by atoms with Crippen molar-refractivity contribution in [3.8, 4) is 0 Å². The average molecular weight is 279 g/mol. The fraction of sp³-hybridized carbons (Fsp3) is 0.615. The van der Waals surface area contributed by atoms with Gasteiger partial charge in [-0.05, 0) is 18.9 Å². The third kappa shape index (κ3) is 3.49. The van der Waals surface area contributed by atoms with Gasteiger partial charge in [0.2, 0.25) is 0 Å². The van der Waals surface area contributed by atoms with Crippen LogP contribution in [0.5, 0.6) is 0 Å². The Labute approximate surface area is 118 Å². The Morgan fingerprint density at radius 3 is 2.90 bits per heavy atom. The van der Waals surface area contributed by atoms with E-state index in [2.05, 4.69) is 25.4 Å². The minimum Gasteiger partial charge on any atom is -0.469 e. The Kier molecular flexibility index (Phi) is 4.97. The monoisotopic (exact) mass is 279 g/mol. The van der Waals surface area contributed by atoms with Crippen LogP contribution >= 0.6 is 0 Å². The van der Waals surface area contributed by atoms with Crippen molar-refractivity contribution in [3.05, 3.63) is 18.0 Å². The van der Waals surface area contributed by atoms with E-state index in [1.165, 1.54) is 7.11 Å². The highest BCUT2D eigenvalue weighted by molar-refractivity contribution is 5.80. The summed E-state index contributed by atoms with van der Waals surface area (Å²) in [5.41, 5.74) is 1.01. The number of nitrogens with zero attached hydrogens (tertiary/aromatic N) is 3. The van der Waals surface area contributed by atoms with E-state index in [1.807, 2.05) is 6.07 Å². The highest BCUT2D eigenvalue weighted by Gasteiger charge is 2.26. The number of hydrogen-bond donors (Lipinski definition) is 2. The third-order valence-electron chi connectivity index (χ3n) is 3.54. The number of carbonyl (C=O) groups excluding carboxylic acids is 1. The lowest BCUT2D eigenvalue weighted by Crippen LogP contribution is -2.46. The second kappa shape index (κ2) is 6.93. The predicted molar refractivity (Wildman–Crippen MR) is 75.1 cm³/mol. The van der Waals surface area contributed by atoms with Crippen LogP contribution in [0.15, 0.2) is 17.3 Å². The van der Waals surface area contributed by atoms with Crippen molar-refractivity contribution in [1.29, 1.82) is 0 Å². The molecule has 0 unspecified atom stereocenters. The van der Waals surface area contributed by atoms with Gasteiger partial charge in [-0.25, -0.2) is 0 Å². The fourth-order valence-electron chi connectivity index (χ4n) is 2.38. The lowest BCUT2D eigenvalue weighted by molar-refractivity contribution is -0.146. The largest absolute Gasteiger partial charge is 0.469 e. The number of piperidine rings is 1. The molecule has 0 radical (unpaired) electrons. The van der Waals surface area contributed by atoms with Gasteiger partial charge in [0.25, 0.3) is 0 Å². The van der Waals surface area contributed by atoms with Crippen LogP contribution in [-0.4, -0.2) is 54.3 Å². The van der Waals surface area contributed by atoms with Crippen molar-refractivity contribution < 1.29 is 9.53 Å². The topological polar surface area (TPSA) is 82.6 Å². The lowest BCUT2D eigenvalue weighted by Gasteiger charge is -2.33. The Bertz CT molecular complexity index is 449. The second-order valence-corrected chi connectivity index (χ2v) is 4.77. The first-order valence-corrected chi connectivity index (χ1v) is 6.76. The predicted octanol–water partition coefficient (Wildman–Crippen LogP) is 0.370. The molecule has 1 aromatic rings. The van der Waals surface area contributed by atoms with E-state index in [1.54, 1.807) is 13.2 Å². The molecule has 0 amide bonds. The van der Waals surface area contributed by atoms with Gasteiger partial charge in [0.05, 0.1) is 25.3 Å². The van der Waals surface area contributed by atoms with Gasteiger partial charge < -0.3 is 15.0 Å². The summed E-state index contributed by atoms with van der Waals surface area (Å²) in [7, 11) is 3.21. The maximum atomic E-state index is 11.5. The zero-order chi connectivity index (χ0) is 14.4. The number of H-pyrrole nitrogens is 1. The summed E-state index contributed by atoms with van der Waals surface area (Å²) in [4.78, 5) is 17.9. The molecule has 2 N–H and O–H groups in total. The SMILES string of the molecule is CN=C(NCc1ccn[nH]1)N1CCC(C(=O)OC)CC1. The maximum absolute atomic E-state index is 11.5. The smallest absolute Gasteiger partial charge is 0.308 e. The number of methoxy groups -OCH3 is 1. The van der Waals surface area contributed by atoms with Crippen molar-refractivity contribution in [1.82, 2.24) is 20.4 Å². The normalized spacial score (nSPS) is 17.1. The van der Waals surface area contributed by atoms with Gasteiger partial charge in [0, 0.05) is 26.3 Å². The zero-order valence-corrected chi connectivity index (χ0v) is 11.9. The zero-order valence-electron chi connectivity index (χ0n) is 11.9. The highest BCUT2D eigenvalue weighted by Crippen LogP contribution is 2.18. The molecule has 7 nitrogen and oxygen atoms in total. The Balaban J connectivity index is 1.83. The molecular weight excluding hydrogens is 258 g/mol. The number of likely N-dealkylation sites (tertiary alicyclic amines) is 1. The Hall–Kier alpha value is -2.05. The van der Waals surface area contributed by atoms with Gasteiger partial charge in [0.15, 0.2) is 5.96 Å². The lowest BCUT2D eigenvalue weighted by atomic mass is 9.97. The van der Waals surface area contributed by atoms with E-state index in [0.717, 1.165) is 37.6 Å². The molecule has 0 bridgehead atoms. The molecular formula is C13H21N5O2. The summed E-state index contributed by atoms with van der Waals surface area (Å²) in [6, 6.07) is 1.92. The van der Waals surface area contributed by atoms with Gasteiger partial charge in [-0.3, -0.25) is 14.9 Å². The first-order chi connectivity index (χ1) is 9.74. The molecule has 0 aliphatic carbocycles. The van der Waals surface area contributed by atoms with Crippen LogP contribution in [0, 0.1) is 5.92 Å². The maximum Gasteiger partial charge on any atom is 0.308 e. The van der Waals surface area contributed by atoms with E-state index in [-0.39, 0.29) is 11.9 Å². The van der Waals surface area contributed by atoms with E-state index < -0.39 is 0 Å². The second-order valence-electron chi connectivity index (χ2n) is 4.77. The Morgan fingerprint density at radius 2 is 2.35 bits per heavy atom. The van der Waals surface area contributed by atoms with Crippen LogP contribution in [0.3, 0.4) is 0 Å². The first kappa shape index (κ1) is 14.4. The summed E-state index contributed by atoms with van der Waals surface area (Å²) in [5.74, 6) is 0.759. The summed E-state index contributed by atoms with van der Waals surface area (Å²) in [6.07, 6.45) is 3.33. The molecule has 110 valence electrons. The van der Waals surface area contributed by atoms with E-state index >= 15 is 0 Å². The quantitative estimate of drug-likeness (QED) is 0.474. The number of rotatable bonds is 3. The molecule has 0 spiro atoms. The highest BCUT2D eigenvalue weighted by atomic mass is 16.5. The molecule has 0 atom stereocenters. The Morgan fingerprint density at radius 1 is 1.60 bits per heavy atom. The standard InChI is InChI=1S/C13H21N5O2/c1-14-13(15-9-11-3-6-16-17-11)18-7-4-10(5-8-18)12(19)20-2/h3,6,10H,4-5,7-9H2,1-2H3,(H,14,15)(H,16,17). The van der Waals surface area contributed by atoms with Crippen LogP contribution < -0.4 is 5.32 Å². The number of guanidine groups is 1. The number of aliphatic imine (C=N–C) groups is 1. The number of nitrogens with one attached hydrogen (secondary N) is 2. The van der Waals surface area contributed by atoms with Crippen molar-refractivity contribution in [3.63, 3.8) is 0 Å². The van der Waals surface area contributed by atoms with E-state index in [0.29, 0.717) is 6.54 Å². The molecule has 1 aromatic heterocycles. The number of hydrogen-bond acceptors (Lipinski definition) is 4. The molecule has 20 heavy (non-hydrogen) atoms. The molecule has 0 saturated carbocycles. The van der Waals surface area contributed by atoms with Crippen LogP contribution in [0.25, 0.3) is 0 Å². The number of aromatic nitrogens is 2.